The maximum atomic E-state index is 6.24. The zero-order valence-electron chi connectivity index (χ0n) is 15.1. The lowest BCUT2D eigenvalue weighted by molar-refractivity contribution is -0.0256. The first kappa shape index (κ1) is 18.1. The highest BCUT2D eigenvalue weighted by Gasteiger charge is 2.40. The molecule has 0 N–H and O–H groups in total. The van der Waals surface area contributed by atoms with Gasteiger partial charge in [0.1, 0.15) is 6.11 Å². The van der Waals surface area contributed by atoms with E-state index in [1.807, 2.05) is 19.1 Å². The molecule has 0 saturated heterocycles. The summed E-state index contributed by atoms with van der Waals surface area (Å²) in [6, 6.07) is 21.0. The summed E-state index contributed by atoms with van der Waals surface area (Å²) in [7, 11) is 4.19. The number of nitrogens with zero attached hydrogens (tertiary/aromatic N) is 1. The summed E-state index contributed by atoms with van der Waals surface area (Å²) >= 11 is 0. The third-order valence-corrected chi connectivity index (χ3v) is 4.34. The molecule has 2 aromatic rings. The third kappa shape index (κ3) is 4.40. The number of hydrogen-bond donors (Lipinski definition) is 0. The molecule has 0 aliphatic heterocycles. The van der Waals surface area contributed by atoms with Crippen molar-refractivity contribution < 1.29 is 4.74 Å². The highest BCUT2D eigenvalue weighted by molar-refractivity contribution is 5.29. The van der Waals surface area contributed by atoms with Gasteiger partial charge in [0.15, 0.2) is 5.60 Å². The van der Waals surface area contributed by atoms with Crippen molar-refractivity contribution in [1.82, 2.24) is 4.90 Å². The van der Waals surface area contributed by atoms with Gasteiger partial charge in [-0.25, -0.2) is 0 Å². The summed E-state index contributed by atoms with van der Waals surface area (Å²) in [5.74, 6) is 3.17. The number of rotatable bonds is 7. The first-order chi connectivity index (χ1) is 11.6. The van der Waals surface area contributed by atoms with Crippen molar-refractivity contribution in [1.29, 1.82) is 0 Å². The Morgan fingerprint density at radius 2 is 1.58 bits per heavy atom. The second-order valence-corrected chi connectivity index (χ2v) is 6.54. The van der Waals surface area contributed by atoms with Crippen LogP contribution in [-0.4, -0.2) is 25.5 Å². The lowest BCUT2D eigenvalue weighted by Gasteiger charge is -2.39. The molecule has 0 aromatic heterocycles. The summed E-state index contributed by atoms with van der Waals surface area (Å²) in [6.07, 6.45) is 3.69. The van der Waals surface area contributed by atoms with Crippen molar-refractivity contribution in [3.8, 4) is 12.0 Å². The number of benzene rings is 2. The van der Waals surface area contributed by atoms with Gasteiger partial charge < -0.3 is 9.64 Å². The molecular formula is C22H27NO. The molecule has 0 fully saturated rings. The molecule has 0 heterocycles. The SMILES string of the molecule is CC#COC(Cc1ccccc1)(c1ccccc1)C(C)CN(C)C. The Labute approximate surface area is 146 Å². The Morgan fingerprint density at radius 1 is 1.00 bits per heavy atom. The highest BCUT2D eigenvalue weighted by atomic mass is 16.5. The van der Waals surface area contributed by atoms with E-state index in [2.05, 4.69) is 86.5 Å². The van der Waals surface area contributed by atoms with E-state index in [4.69, 9.17) is 4.74 Å². The predicted octanol–water partition coefficient (Wildman–Crippen LogP) is 4.32. The van der Waals surface area contributed by atoms with Gasteiger partial charge in [-0.2, -0.15) is 0 Å². The smallest absolute Gasteiger partial charge is 0.153 e. The maximum Gasteiger partial charge on any atom is 0.153 e. The van der Waals surface area contributed by atoms with E-state index in [0.717, 1.165) is 13.0 Å². The Kier molecular flexibility index (Phi) is 6.46. The molecule has 2 nitrogen and oxygen atoms in total. The van der Waals surface area contributed by atoms with Crippen molar-refractivity contribution in [3.63, 3.8) is 0 Å². The fraction of sp³-hybridized carbons (Fsp3) is 0.364. The van der Waals surface area contributed by atoms with Gasteiger partial charge in [-0.05, 0) is 25.2 Å². The van der Waals surface area contributed by atoms with E-state index >= 15 is 0 Å². The van der Waals surface area contributed by atoms with E-state index in [0.29, 0.717) is 0 Å². The Hall–Kier alpha value is -2.24. The molecule has 0 aliphatic rings. The standard InChI is InChI=1S/C22H27NO/c1-5-16-24-22(19(2)18-23(3)4,21-14-10-7-11-15-21)17-20-12-8-6-9-13-20/h6-15,19H,17-18H2,1-4H3. The first-order valence-corrected chi connectivity index (χ1v) is 8.42. The summed E-state index contributed by atoms with van der Waals surface area (Å²) < 4.78 is 6.24. The van der Waals surface area contributed by atoms with Crippen LogP contribution in [0.4, 0.5) is 0 Å². The van der Waals surface area contributed by atoms with Gasteiger partial charge in [-0.15, -0.1) is 0 Å². The van der Waals surface area contributed by atoms with Crippen LogP contribution in [0.5, 0.6) is 0 Å². The predicted molar refractivity (Wildman–Crippen MR) is 101 cm³/mol. The number of hydrogen-bond acceptors (Lipinski definition) is 2. The summed E-state index contributed by atoms with van der Waals surface area (Å²) in [6.45, 7) is 4.98. The molecular weight excluding hydrogens is 294 g/mol. The van der Waals surface area contributed by atoms with E-state index in [1.54, 1.807) is 0 Å². The monoisotopic (exact) mass is 321 g/mol. The summed E-state index contributed by atoms with van der Waals surface area (Å²) in [5, 5.41) is 0. The van der Waals surface area contributed by atoms with Crippen molar-refractivity contribution in [2.45, 2.75) is 25.9 Å². The average Bonchev–Trinajstić information content (AvgIpc) is 2.59. The Bertz CT molecular complexity index is 669. The second kappa shape index (κ2) is 8.57. The van der Waals surface area contributed by atoms with Gasteiger partial charge in [0.2, 0.25) is 0 Å². The third-order valence-electron chi connectivity index (χ3n) is 4.34. The molecule has 0 spiro atoms. The van der Waals surface area contributed by atoms with Gasteiger partial charge in [-0.3, -0.25) is 0 Å². The van der Waals surface area contributed by atoms with E-state index < -0.39 is 5.60 Å². The summed E-state index contributed by atoms with van der Waals surface area (Å²) in [5.41, 5.74) is 1.95. The molecule has 0 bridgehead atoms. The van der Waals surface area contributed by atoms with Crippen LogP contribution in [0, 0.1) is 17.9 Å². The number of ether oxygens (including phenoxy) is 1. The second-order valence-electron chi connectivity index (χ2n) is 6.54. The van der Waals surface area contributed by atoms with Crippen LogP contribution < -0.4 is 0 Å². The van der Waals surface area contributed by atoms with Crippen LogP contribution in [0.25, 0.3) is 0 Å². The minimum absolute atomic E-state index is 0.274. The maximum absolute atomic E-state index is 6.24. The van der Waals surface area contributed by atoms with E-state index in [-0.39, 0.29) is 5.92 Å². The minimum atomic E-state index is -0.476. The molecule has 0 saturated carbocycles. The van der Waals surface area contributed by atoms with Crippen LogP contribution >= 0.6 is 0 Å². The largest absolute Gasteiger partial charge is 0.434 e. The Morgan fingerprint density at radius 3 is 2.12 bits per heavy atom. The fourth-order valence-electron chi connectivity index (χ4n) is 3.21. The van der Waals surface area contributed by atoms with Gasteiger partial charge >= 0.3 is 0 Å². The van der Waals surface area contributed by atoms with Crippen molar-refractivity contribution >= 4 is 0 Å². The van der Waals surface area contributed by atoms with Crippen molar-refractivity contribution in [3.05, 3.63) is 71.8 Å². The van der Waals surface area contributed by atoms with Gasteiger partial charge in [0.05, 0.1) is 0 Å². The van der Waals surface area contributed by atoms with Crippen LogP contribution in [0.3, 0.4) is 0 Å². The van der Waals surface area contributed by atoms with Crippen LogP contribution in [0.1, 0.15) is 25.0 Å². The van der Waals surface area contributed by atoms with Crippen LogP contribution in [0.2, 0.25) is 0 Å². The average molecular weight is 321 g/mol. The van der Waals surface area contributed by atoms with Gasteiger partial charge in [0.25, 0.3) is 0 Å². The molecule has 126 valence electrons. The topological polar surface area (TPSA) is 12.5 Å². The van der Waals surface area contributed by atoms with Gasteiger partial charge in [0, 0.05) is 25.8 Å². The van der Waals surface area contributed by atoms with E-state index in [9.17, 15) is 0 Å². The minimum Gasteiger partial charge on any atom is -0.434 e. The molecule has 2 aromatic carbocycles. The molecule has 2 rings (SSSR count). The van der Waals surface area contributed by atoms with Gasteiger partial charge in [-0.1, -0.05) is 73.5 Å². The van der Waals surface area contributed by atoms with Crippen molar-refractivity contribution in [2.24, 2.45) is 5.92 Å². The quantitative estimate of drug-likeness (QED) is 0.704. The Balaban J connectivity index is 2.51. The summed E-state index contributed by atoms with van der Waals surface area (Å²) in [4.78, 5) is 2.20. The molecule has 24 heavy (non-hydrogen) atoms. The highest BCUT2D eigenvalue weighted by Crippen LogP contribution is 2.37. The fourth-order valence-corrected chi connectivity index (χ4v) is 3.21. The zero-order valence-corrected chi connectivity index (χ0v) is 15.1. The lowest BCUT2D eigenvalue weighted by Crippen LogP contribution is -2.42. The normalized spacial score (nSPS) is 14.4. The molecule has 0 aliphatic carbocycles. The van der Waals surface area contributed by atoms with Crippen LogP contribution in [0.15, 0.2) is 60.7 Å². The molecule has 2 heteroatoms. The van der Waals surface area contributed by atoms with E-state index in [1.165, 1.54) is 11.1 Å². The van der Waals surface area contributed by atoms with Crippen molar-refractivity contribution in [2.75, 3.05) is 20.6 Å². The molecule has 2 unspecified atom stereocenters. The first-order valence-electron chi connectivity index (χ1n) is 8.42. The lowest BCUT2D eigenvalue weighted by atomic mass is 9.77. The zero-order chi connectivity index (χ0) is 17.4. The molecule has 0 radical (unpaired) electrons. The molecule has 2 atom stereocenters. The van der Waals surface area contributed by atoms with Crippen LogP contribution in [-0.2, 0) is 16.8 Å². The molecule has 0 amide bonds.